The van der Waals surface area contributed by atoms with Crippen molar-refractivity contribution in [2.24, 2.45) is 5.18 Å². The number of nitrogen functional groups attached to an aromatic ring is 1. The van der Waals surface area contributed by atoms with Gasteiger partial charge < -0.3 is 11.1 Å². The summed E-state index contributed by atoms with van der Waals surface area (Å²) in [6.07, 6.45) is 0. The molecule has 6 nitrogen and oxygen atoms in total. The van der Waals surface area contributed by atoms with E-state index in [1.54, 1.807) is 18.2 Å². The second-order valence-electron chi connectivity index (χ2n) is 7.23. The van der Waals surface area contributed by atoms with Crippen LogP contribution >= 0.6 is 22.9 Å². The fourth-order valence-electron chi connectivity index (χ4n) is 3.93. The number of hydrogen-bond acceptors (Lipinski definition) is 7. The van der Waals surface area contributed by atoms with E-state index in [-0.39, 0.29) is 22.9 Å². The summed E-state index contributed by atoms with van der Waals surface area (Å²) in [5.74, 6) is -0.920. The molecule has 0 aliphatic carbocycles. The van der Waals surface area contributed by atoms with Gasteiger partial charge in [0.2, 0.25) is 5.78 Å². The van der Waals surface area contributed by atoms with Gasteiger partial charge in [0.1, 0.15) is 10.6 Å². The molecule has 3 N–H and O–H groups in total. The molecule has 0 spiro atoms. The number of anilines is 2. The topological polar surface area (TPSA) is 102 Å². The van der Waals surface area contributed by atoms with E-state index in [1.165, 1.54) is 30.4 Å². The van der Waals surface area contributed by atoms with Crippen LogP contribution in [0.25, 0.3) is 0 Å². The first-order chi connectivity index (χ1) is 14.8. The molecule has 1 aliphatic rings. The van der Waals surface area contributed by atoms with Crippen LogP contribution < -0.4 is 11.1 Å². The molecule has 1 aromatic heterocycles. The maximum atomic E-state index is 13.2. The number of ketones is 2. The number of nitrogens with one attached hydrogen (secondary N) is 1. The van der Waals surface area contributed by atoms with Crippen molar-refractivity contribution in [3.05, 3.63) is 91.3 Å². The normalized spacial score (nSPS) is 15.3. The number of carbonyl (C=O) groups is 2. The highest BCUT2D eigenvalue weighted by molar-refractivity contribution is 7.19. The lowest BCUT2D eigenvalue weighted by Crippen LogP contribution is -2.21. The molecule has 0 saturated carbocycles. The number of halogens is 1. The van der Waals surface area contributed by atoms with E-state index in [0.29, 0.717) is 37.3 Å². The number of fused-ring (bicyclic) bond motifs is 1. The van der Waals surface area contributed by atoms with Crippen molar-refractivity contribution in [3.8, 4) is 0 Å². The lowest BCUT2D eigenvalue weighted by molar-refractivity contribution is -0.113. The summed E-state index contributed by atoms with van der Waals surface area (Å²) in [7, 11) is 0. The van der Waals surface area contributed by atoms with Crippen LogP contribution in [-0.4, -0.2) is 11.6 Å². The lowest BCUT2D eigenvalue weighted by Gasteiger charge is -2.29. The zero-order valence-electron chi connectivity index (χ0n) is 16.7. The number of thiophene rings is 1. The highest BCUT2D eigenvalue weighted by Crippen LogP contribution is 2.51. The average Bonchev–Trinajstić information content (AvgIpc) is 3.08. The molecule has 3 aromatic rings. The van der Waals surface area contributed by atoms with E-state index in [9.17, 15) is 14.5 Å². The van der Waals surface area contributed by atoms with E-state index >= 15 is 0 Å². The van der Waals surface area contributed by atoms with Crippen LogP contribution in [0.2, 0.25) is 5.02 Å². The third kappa shape index (κ3) is 3.56. The van der Waals surface area contributed by atoms with Crippen LogP contribution in [0.1, 0.15) is 46.1 Å². The average molecular weight is 452 g/mol. The van der Waals surface area contributed by atoms with Crippen molar-refractivity contribution >= 4 is 50.9 Å². The van der Waals surface area contributed by atoms with Gasteiger partial charge in [-0.05, 0) is 42.8 Å². The Bertz CT molecular complexity index is 1280. The number of rotatable bonds is 5. The zero-order chi connectivity index (χ0) is 22.3. The van der Waals surface area contributed by atoms with Crippen LogP contribution in [0.4, 0.5) is 16.4 Å². The third-order valence-electron chi connectivity index (χ3n) is 5.28. The van der Waals surface area contributed by atoms with E-state index in [1.807, 2.05) is 25.1 Å². The number of carbonyl (C=O) groups excluding carboxylic acids is 2. The van der Waals surface area contributed by atoms with Gasteiger partial charge in [0.15, 0.2) is 5.78 Å². The van der Waals surface area contributed by atoms with Crippen LogP contribution in [0, 0.1) is 4.91 Å². The smallest absolute Gasteiger partial charge is 0.205 e. The predicted octanol–water partition coefficient (Wildman–Crippen LogP) is 6.03. The monoisotopic (exact) mass is 451 g/mol. The minimum Gasteiger partial charge on any atom is -0.397 e. The van der Waals surface area contributed by atoms with E-state index in [2.05, 4.69) is 10.5 Å². The highest BCUT2D eigenvalue weighted by atomic mass is 35.5. The Morgan fingerprint density at radius 1 is 1.16 bits per heavy atom. The molecule has 2 aromatic carbocycles. The van der Waals surface area contributed by atoms with Gasteiger partial charge in [0.25, 0.3) is 0 Å². The zero-order valence-corrected chi connectivity index (χ0v) is 18.3. The van der Waals surface area contributed by atoms with Crippen LogP contribution in [0.3, 0.4) is 0 Å². The number of hydrogen-bond donors (Lipinski definition) is 2. The quantitative estimate of drug-likeness (QED) is 0.364. The first kappa shape index (κ1) is 21.0. The Morgan fingerprint density at radius 2 is 1.90 bits per heavy atom. The molecule has 0 saturated heterocycles. The molecular formula is C23H18ClN3O3S. The second kappa shape index (κ2) is 8.09. The summed E-state index contributed by atoms with van der Waals surface area (Å²) in [6, 6.07) is 13.4. The van der Waals surface area contributed by atoms with Gasteiger partial charge in [-0.15, -0.1) is 16.2 Å². The first-order valence-electron chi connectivity index (χ1n) is 9.47. The molecule has 1 unspecified atom stereocenters. The van der Waals surface area contributed by atoms with E-state index < -0.39 is 5.92 Å². The second-order valence-corrected chi connectivity index (χ2v) is 8.66. The largest absolute Gasteiger partial charge is 0.397 e. The Balaban J connectivity index is 1.91. The summed E-state index contributed by atoms with van der Waals surface area (Å²) in [5.41, 5.74) is 9.91. The Morgan fingerprint density at radius 3 is 2.58 bits per heavy atom. The summed E-state index contributed by atoms with van der Waals surface area (Å²) in [5, 5.41) is 7.33. The lowest BCUT2D eigenvalue weighted by atomic mass is 9.80. The molecule has 1 atom stereocenters. The fraction of sp³-hybridized carbons (Fsp3) is 0.130. The Labute approximate surface area is 187 Å². The van der Waals surface area contributed by atoms with Crippen LogP contribution in [-0.2, 0) is 4.79 Å². The van der Waals surface area contributed by atoms with Crippen molar-refractivity contribution in [1.29, 1.82) is 0 Å². The minimum absolute atomic E-state index is 0.108. The van der Waals surface area contributed by atoms with Gasteiger partial charge in [0, 0.05) is 33.3 Å². The van der Waals surface area contributed by atoms with Gasteiger partial charge in [-0.2, -0.15) is 0 Å². The molecular weight excluding hydrogens is 434 g/mol. The van der Waals surface area contributed by atoms with Crippen LogP contribution in [0.5, 0.6) is 0 Å². The maximum absolute atomic E-state index is 13.2. The van der Waals surface area contributed by atoms with Crippen molar-refractivity contribution < 1.29 is 9.59 Å². The summed E-state index contributed by atoms with van der Waals surface area (Å²) >= 11 is 7.71. The fourth-order valence-corrected chi connectivity index (χ4v) is 5.35. The maximum Gasteiger partial charge on any atom is 0.205 e. The molecule has 0 bridgehead atoms. The van der Waals surface area contributed by atoms with Crippen molar-refractivity contribution in [3.63, 3.8) is 0 Å². The van der Waals surface area contributed by atoms with Gasteiger partial charge in [0.05, 0.1) is 10.7 Å². The number of nitrogens with two attached hydrogens (primary N) is 1. The van der Waals surface area contributed by atoms with Gasteiger partial charge >= 0.3 is 0 Å². The first-order valence-corrected chi connectivity index (χ1v) is 10.7. The molecule has 8 heteroatoms. The van der Waals surface area contributed by atoms with Crippen LogP contribution in [0.15, 0.2) is 65.0 Å². The van der Waals surface area contributed by atoms with Gasteiger partial charge in [-0.25, -0.2) is 0 Å². The summed E-state index contributed by atoms with van der Waals surface area (Å²) in [4.78, 5) is 37.0. The molecule has 0 fully saturated rings. The van der Waals surface area contributed by atoms with E-state index in [0.717, 1.165) is 5.56 Å². The number of allylic oxidation sites excluding steroid dienone is 2. The third-order valence-corrected chi connectivity index (χ3v) is 6.76. The molecule has 0 radical (unpaired) electrons. The van der Waals surface area contributed by atoms with Crippen molar-refractivity contribution in [1.82, 2.24) is 0 Å². The standard InChI is InChI=1S/C23H18ClN3O3S/c1-11-17(12(2)28)18(15-8-3-4-9-16(15)24)19-20(25)22(31-23(19)26-11)21(29)13-6-5-7-14(10-13)27-30/h3-10,18,26H,25H2,1-2H3. The van der Waals surface area contributed by atoms with Gasteiger partial charge in [-0.1, -0.05) is 41.9 Å². The minimum atomic E-state index is -0.497. The van der Waals surface area contributed by atoms with Crippen molar-refractivity contribution in [2.45, 2.75) is 19.8 Å². The summed E-state index contributed by atoms with van der Waals surface area (Å²) < 4.78 is 0. The molecule has 0 amide bonds. The molecule has 4 rings (SSSR count). The van der Waals surface area contributed by atoms with E-state index in [4.69, 9.17) is 17.3 Å². The Kier molecular flexibility index (Phi) is 5.47. The number of nitrogens with zero attached hydrogens (tertiary/aromatic N) is 1. The number of benzene rings is 2. The molecule has 31 heavy (non-hydrogen) atoms. The molecule has 2 heterocycles. The van der Waals surface area contributed by atoms with Gasteiger partial charge in [-0.3, -0.25) is 9.59 Å². The molecule has 1 aliphatic heterocycles. The Hall–Kier alpha value is -3.29. The highest BCUT2D eigenvalue weighted by Gasteiger charge is 2.37. The number of Topliss-reactive ketones (excluding diaryl/α,β-unsaturated/α-hetero) is 1. The summed E-state index contributed by atoms with van der Waals surface area (Å²) in [6.45, 7) is 3.32. The SMILES string of the molecule is CC(=O)C1=C(C)Nc2sc(C(=O)c3cccc(N=O)c3)c(N)c2C1c1ccccc1Cl. The number of nitroso groups, excluding NO2 is 1. The predicted molar refractivity (Wildman–Crippen MR) is 124 cm³/mol. The van der Waals surface area contributed by atoms with Crippen molar-refractivity contribution in [2.75, 3.05) is 11.1 Å². The molecule has 156 valence electrons.